The van der Waals surface area contributed by atoms with Crippen LogP contribution in [0.4, 0.5) is 0 Å². The molecule has 1 saturated heterocycles. The molecule has 4 heteroatoms. The second kappa shape index (κ2) is 6.71. The Bertz CT molecular complexity index is 768. The first-order valence-corrected chi connectivity index (χ1v) is 8.49. The molecule has 1 heterocycles. The number of carbonyl (C=O) groups excluding carboxylic acids is 2. The maximum atomic E-state index is 12.4. The fourth-order valence-corrected chi connectivity index (χ4v) is 2.93. The number of likely N-dealkylation sites (tertiary alicyclic amines) is 1. The van der Waals surface area contributed by atoms with E-state index in [0.717, 1.165) is 12.0 Å². The van der Waals surface area contributed by atoms with E-state index in [9.17, 15) is 9.59 Å². The Balaban J connectivity index is 1.61. The number of para-hydroxylation sites is 1. The second-order valence-corrected chi connectivity index (χ2v) is 7.44. The van der Waals surface area contributed by atoms with Crippen molar-refractivity contribution in [2.75, 3.05) is 13.1 Å². The highest BCUT2D eigenvalue weighted by Crippen LogP contribution is 2.32. The van der Waals surface area contributed by atoms with Crippen LogP contribution in [-0.2, 0) is 5.41 Å². The lowest BCUT2D eigenvalue weighted by atomic mass is 9.86. The van der Waals surface area contributed by atoms with Crippen LogP contribution in [0.15, 0.2) is 48.5 Å². The zero-order valence-corrected chi connectivity index (χ0v) is 14.9. The number of ether oxygens (including phenoxy) is 1. The van der Waals surface area contributed by atoms with Crippen LogP contribution in [0.3, 0.4) is 0 Å². The Hall–Kier alpha value is -2.62. The van der Waals surface area contributed by atoms with Crippen LogP contribution in [-0.4, -0.2) is 36.3 Å². The molecule has 0 bridgehead atoms. The second-order valence-electron chi connectivity index (χ2n) is 7.44. The van der Waals surface area contributed by atoms with Gasteiger partial charge in [0.1, 0.15) is 18.1 Å². The van der Waals surface area contributed by atoms with E-state index in [1.54, 1.807) is 29.2 Å². The van der Waals surface area contributed by atoms with Crippen LogP contribution in [0.5, 0.6) is 5.75 Å². The van der Waals surface area contributed by atoms with Gasteiger partial charge >= 0.3 is 0 Å². The van der Waals surface area contributed by atoms with E-state index < -0.39 is 0 Å². The van der Waals surface area contributed by atoms with Crippen molar-refractivity contribution >= 4 is 12.2 Å². The highest BCUT2D eigenvalue weighted by Gasteiger charge is 2.33. The Morgan fingerprint density at radius 2 is 1.72 bits per heavy atom. The maximum Gasteiger partial charge on any atom is 0.254 e. The van der Waals surface area contributed by atoms with E-state index >= 15 is 0 Å². The van der Waals surface area contributed by atoms with E-state index in [0.29, 0.717) is 24.2 Å². The molecule has 2 aromatic rings. The van der Waals surface area contributed by atoms with Crippen molar-refractivity contribution in [3.63, 3.8) is 0 Å². The lowest BCUT2D eigenvalue weighted by Crippen LogP contribution is -2.56. The van der Waals surface area contributed by atoms with E-state index in [2.05, 4.69) is 26.8 Å². The molecule has 0 saturated carbocycles. The molecule has 1 amide bonds. The normalized spacial score (nSPS) is 14.8. The van der Waals surface area contributed by atoms with Crippen LogP contribution >= 0.6 is 0 Å². The molecule has 2 aromatic carbocycles. The van der Waals surface area contributed by atoms with Gasteiger partial charge in [-0.05, 0) is 29.2 Å². The molecule has 1 aliphatic rings. The average molecular weight is 337 g/mol. The fraction of sp³-hybridized carbons (Fsp3) is 0.333. The first-order chi connectivity index (χ1) is 11.9. The average Bonchev–Trinajstić information content (AvgIpc) is 2.57. The summed E-state index contributed by atoms with van der Waals surface area (Å²) in [4.78, 5) is 24.9. The third-order valence-electron chi connectivity index (χ3n) is 4.42. The zero-order chi connectivity index (χ0) is 18.0. The molecule has 1 aliphatic heterocycles. The van der Waals surface area contributed by atoms with Gasteiger partial charge in [0.15, 0.2) is 0 Å². The van der Waals surface area contributed by atoms with E-state index in [4.69, 9.17) is 4.74 Å². The summed E-state index contributed by atoms with van der Waals surface area (Å²) in [5, 5.41) is 0. The predicted molar refractivity (Wildman–Crippen MR) is 97.3 cm³/mol. The van der Waals surface area contributed by atoms with Gasteiger partial charge in [-0.25, -0.2) is 0 Å². The fourth-order valence-electron chi connectivity index (χ4n) is 2.93. The molecule has 0 spiro atoms. The van der Waals surface area contributed by atoms with Gasteiger partial charge in [-0.1, -0.05) is 51.1 Å². The van der Waals surface area contributed by atoms with Gasteiger partial charge in [0.05, 0.1) is 13.1 Å². The summed E-state index contributed by atoms with van der Waals surface area (Å²) in [6.45, 7) is 7.64. The SMILES string of the molecule is CC(C)(C)c1ccccc1OC1CN(C(=O)c2ccc(C=O)cc2)C1. The van der Waals surface area contributed by atoms with Gasteiger partial charge < -0.3 is 9.64 Å². The summed E-state index contributed by atoms with van der Waals surface area (Å²) >= 11 is 0. The Morgan fingerprint density at radius 3 is 2.32 bits per heavy atom. The van der Waals surface area contributed by atoms with Gasteiger partial charge in [-0.15, -0.1) is 0 Å². The smallest absolute Gasteiger partial charge is 0.254 e. The Labute approximate surface area is 148 Å². The number of amides is 1. The van der Waals surface area contributed by atoms with Gasteiger partial charge in [0.2, 0.25) is 0 Å². The Morgan fingerprint density at radius 1 is 1.08 bits per heavy atom. The highest BCUT2D eigenvalue weighted by atomic mass is 16.5. The molecule has 3 rings (SSSR count). The minimum Gasteiger partial charge on any atom is -0.486 e. The Kier molecular flexibility index (Phi) is 4.62. The molecule has 0 radical (unpaired) electrons. The standard InChI is InChI=1S/C21H23NO3/c1-21(2,3)18-6-4-5-7-19(18)25-17-12-22(13-17)20(24)16-10-8-15(14-23)9-11-16/h4-11,14,17H,12-13H2,1-3H3. The van der Waals surface area contributed by atoms with Crippen LogP contribution in [0.2, 0.25) is 0 Å². The molecule has 0 aromatic heterocycles. The predicted octanol–water partition coefficient (Wildman–Crippen LogP) is 3.70. The van der Waals surface area contributed by atoms with Crippen molar-refractivity contribution in [1.82, 2.24) is 4.90 Å². The van der Waals surface area contributed by atoms with Crippen molar-refractivity contribution in [1.29, 1.82) is 0 Å². The molecular weight excluding hydrogens is 314 g/mol. The summed E-state index contributed by atoms with van der Waals surface area (Å²) in [7, 11) is 0. The summed E-state index contributed by atoms with van der Waals surface area (Å²) in [5.74, 6) is 0.865. The number of hydrogen-bond acceptors (Lipinski definition) is 3. The molecule has 0 aliphatic carbocycles. The lowest BCUT2D eigenvalue weighted by Gasteiger charge is -2.39. The molecule has 4 nitrogen and oxygen atoms in total. The molecule has 0 atom stereocenters. The van der Waals surface area contributed by atoms with Crippen LogP contribution in [0.1, 0.15) is 47.1 Å². The van der Waals surface area contributed by atoms with Crippen molar-refractivity contribution in [3.8, 4) is 5.75 Å². The highest BCUT2D eigenvalue weighted by molar-refractivity contribution is 5.95. The largest absolute Gasteiger partial charge is 0.486 e. The molecule has 25 heavy (non-hydrogen) atoms. The molecule has 0 N–H and O–H groups in total. The zero-order valence-electron chi connectivity index (χ0n) is 14.9. The van der Waals surface area contributed by atoms with Crippen molar-refractivity contribution in [2.45, 2.75) is 32.3 Å². The van der Waals surface area contributed by atoms with Gasteiger partial charge in [0, 0.05) is 11.1 Å². The van der Waals surface area contributed by atoms with E-state index in [1.165, 1.54) is 5.56 Å². The number of nitrogens with zero attached hydrogens (tertiary/aromatic N) is 1. The van der Waals surface area contributed by atoms with Gasteiger partial charge in [-0.3, -0.25) is 9.59 Å². The van der Waals surface area contributed by atoms with Crippen molar-refractivity contribution < 1.29 is 14.3 Å². The molecule has 0 unspecified atom stereocenters. The molecule has 1 fully saturated rings. The minimum absolute atomic E-state index is 0.0101. The summed E-state index contributed by atoms with van der Waals surface area (Å²) < 4.78 is 6.12. The van der Waals surface area contributed by atoms with Crippen LogP contribution in [0.25, 0.3) is 0 Å². The number of carbonyl (C=O) groups is 2. The number of hydrogen-bond donors (Lipinski definition) is 0. The minimum atomic E-state index is -0.0265. The van der Waals surface area contributed by atoms with Gasteiger partial charge in [-0.2, -0.15) is 0 Å². The summed E-state index contributed by atoms with van der Waals surface area (Å²) in [5.41, 5.74) is 2.35. The van der Waals surface area contributed by atoms with E-state index in [-0.39, 0.29) is 17.4 Å². The first-order valence-electron chi connectivity index (χ1n) is 8.49. The maximum absolute atomic E-state index is 12.4. The van der Waals surface area contributed by atoms with Crippen LogP contribution in [0, 0.1) is 0 Å². The monoisotopic (exact) mass is 337 g/mol. The molecule has 130 valence electrons. The van der Waals surface area contributed by atoms with Crippen molar-refractivity contribution in [2.24, 2.45) is 0 Å². The lowest BCUT2D eigenvalue weighted by molar-refractivity contribution is 0.0171. The van der Waals surface area contributed by atoms with Gasteiger partial charge in [0.25, 0.3) is 5.91 Å². The molecular formula is C21H23NO3. The topological polar surface area (TPSA) is 46.6 Å². The first kappa shape index (κ1) is 17.2. The van der Waals surface area contributed by atoms with Crippen molar-refractivity contribution in [3.05, 3.63) is 65.2 Å². The third kappa shape index (κ3) is 3.73. The number of rotatable bonds is 4. The van der Waals surface area contributed by atoms with Crippen LogP contribution < -0.4 is 4.74 Å². The number of aldehydes is 1. The summed E-state index contributed by atoms with van der Waals surface area (Å²) in [6, 6.07) is 14.8. The number of benzene rings is 2. The quantitative estimate of drug-likeness (QED) is 0.799. The summed E-state index contributed by atoms with van der Waals surface area (Å²) in [6.07, 6.45) is 0.788. The third-order valence-corrected chi connectivity index (χ3v) is 4.42. The van der Waals surface area contributed by atoms with E-state index in [1.807, 2.05) is 18.2 Å².